The van der Waals surface area contributed by atoms with E-state index >= 15 is 0 Å². The van der Waals surface area contributed by atoms with Crippen molar-refractivity contribution >= 4 is 34.1 Å². The normalized spacial score (nSPS) is 31.5. The molecule has 2 bridgehead atoms. The van der Waals surface area contributed by atoms with Crippen LogP contribution >= 0.6 is 11.3 Å². The van der Waals surface area contributed by atoms with Crippen molar-refractivity contribution in [2.75, 3.05) is 11.5 Å². The van der Waals surface area contributed by atoms with E-state index in [-0.39, 0.29) is 30.6 Å². The lowest BCUT2D eigenvalue weighted by atomic mass is 9.85. The summed E-state index contributed by atoms with van der Waals surface area (Å²) in [6, 6.07) is 0. The van der Waals surface area contributed by atoms with Crippen molar-refractivity contribution < 1.29 is 23.9 Å². The first kappa shape index (κ1) is 16.2. The number of rotatable bonds is 3. The van der Waals surface area contributed by atoms with Gasteiger partial charge in [0.25, 0.3) is 0 Å². The summed E-state index contributed by atoms with van der Waals surface area (Å²) in [5, 5.41) is 0.458. The lowest BCUT2D eigenvalue weighted by Gasteiger charge is -2.18. The number of carbonyl (C=O) groups is 3. The molecular formula is C19H19NO5S. The van der Waals surface area contributed by atoms with Crippen molar-refractivity contribution in [3.63, 3.8) is 0 Å². The highest BCUT2D eigenvalue weighted by atomic mass is 32.1. The van der Waals surface area contributed by atoms with Crippen LogP contribution in [0.2, 0.25) is 0 Å². The summed E-state index contributed by atoms with van der Waals surface area (Å²) < 4.78 is 10.9. The van der Waals surface area contributed by atoms with Crippen molar-refractivity contribution in [1.82, 2.24) is 0 Å². The van der Waals surface area contributed by atoms with E-state index < -0.39 is 17.8 Å². The van der Waals surface area contributed by atoms with E-state index in [0.29, 0.717) is 10.6 Å². The second kappa shape index (κ2) is 5.76. The number of hydrogen-bond donors (Lipinski definition) is 0. The van der Waals surface area contributed by atoms with Gasteiger partial charge in [0.1, 0.15) is 5.00 Å². The molecule has 1 aliphatic carbocycles. The Balaban J connectivity index is 1.60. The van der Waals surface area contributed by atoms with Gasteiger partial charge in [-0.25, -0.2) is 9.69 Å². The average Bonchev–Trinajstić information content (AvgIpc) is 3.37. The van der Waals surface area contributed by atoms with Gasteiger partial charge in [-0.1, -0.05) is 12.2 Å². The molecule has 1 aromatic rings. The van der Waals surface area contributed by atoms with Crippen LogP contribution in [0, 0.1) is 11.8 Å². The Morgan fingerprint density at radius 3 is 2.50 bits per heavy atom. The molecule has 7 heteroatoms. The molecule has 1 aromatic heterocycles. The molecule has 2 saturated heterocycles. The van der Waals surface area contributed by atoms with Gasteiger partial charge >= 0.3 is 5.97 Å². The van der Waals surface area contributed by atoms with Gasteiger partial charge in [0.2, 0.25) is 11.8 Å². The van der Waals surface area contributed by atoms with Crippen LogP contribution < -0.4 is 4.90 Å². The zero-order chi connectivity index (χ0) is 18.0. The van der Waals surface area contributed by atoms with Crippen LogP contribution in [0.5, 0.6) is 0 Å². The molecule has 4 aliphatic rings. The molecule has 136 valence electrons. The Hall–Kier alpha value is -1.99. The summed E-state index contributed by atoms with van der Waals surface area (Å²) in [5.74, 6) is -1.86. The number of ether oxygens (including phenoxy) is 2. The lowest BCUT2D eigenvalue weighted by Crippen LogP contribution is -2.35. The number of amides is 2. The largest absolute Gasteiger partial charge is 0.462 e. The summed E-state index contributed by atoms with van der Waals surface area (Å²) in [5.41, 5.74) is 1.39. The van der Waals surface area contributed by atoms with Crippen LogP contribution in [0.3, 0.4) is 0 Å². The Kier molecular flexibility index (Phi) is 3.59. The first-order valence-electron chi connectivity index (χ1n) is 9.15. The maximum atomic E-state index is 13.1. The van der Waals surface area contributed by atoms with Crippen molar-refractivity contribution in [2.24, 2.45) is 11.8 Å². The summed E-state index contributed by atoms with van der Waals surface area (Å²) in [6.45, 7) is 2.02. The third-order valence-electron chi connectivity index (χ3n) is 5.75. The summed E-state index contributed by atoms with van der Waals surface area (Å²) >= 11 is 1.40. The highest BCUT2D eigenvalue weighted by Gasteiger charge is 2.61. The van der Waals surface area contributed by atoms with Crippen LogP contribution in [0.15, 0.2) is 12.2 Å². The molecule has 0 N–H and O–H groups in total. The molecule has 6 nitrogen and oxygen atoms in total. The number of nitrogens with zero attached hydrogens (tertiary/aromatic N) is 1. The number of esters is 1. The fourth-order valence-electron chi connectivity index (χ4n) is 4.63. The Morgan fingerprint density at radius 2 is 1.85 bits per heavy atom. The summed E-state index contributed by atoms with van der Waals surface area (Å²) in [7, 11) is 0. The average molecular weight is 373 g/mol. The van der Waals surface area contributed by atoms with Gasteiger partial charge in [0.15, 0.2) is 0 Å². The number of anilines is 1. The minimum Gasteiger partial charge on any atom is -0.462 e. The van der Waals surface area contributed by atoms with E-state index in [1.54, 1.807) is 6.92 Å². The Labute approximate surface area is 154 Å². The number of hydrogen-bond acceptors (Lipinski definition) is 6. The fraction of sp³-hybridized carbons (Fsp3) is 0.526. The van der Waals surface area contributed by atoms with Crippen LogP contribution in [0.4, 0.5) is 5.00 Å². The topological polar surface area (TPSA) is 72.9 Å². The third-order valence-corrected chi connectivity index (χ3v) is 7.02. The van der Waals surface area contributed by atoms with Gasteiger partial charge in [-0.15, -0.1) is 11.3 Å². The number of aryl methyl sites for hydroxylation is 1. The predicted octanol–water partition coefficient (Wildman–Crippen LogP) is 2.25. The number of thiophene rings is 1. The highest BCUT2D eigenvalue weighted by molar-refractivity contribution is 7.17. The van der Waals surface area contributed by atoms with Crippen molar-refractivity contribution in [1.29, 1.82) is 0 Å². The van der Waals surface area contributed by atoms with Crippen LogP contribution in [-0.2, 0) is 31.9 Å². The van der Waals surface area contributed by atoms with Crippen LogP contribution in [-0.4, -0.2) is 36.6 Å². The van der Waals surface area contributed by atoms with Crippen molar-refractivity contribution in [3.05, 3.63) is 28.2 Å². The van der Waals surface area contributed by atoms with Gasteiger partial charge < -0.3 is 9.47 Å². The van der Waals surface area contributed by atoms with Crippen LogP contribution in [0.1, 0.15) is 40.6 Å². The van der Waals surface area contributed by atoms with E-state index in [4.69, 9.17) is 9.47 Å². The zero-order valence-corrected chi connectivity index (χ0v) is 15.2. The van der Waals surface area contributed by atoms with E-state index in [1.165, 1.54) is 16.2 Å². The molecule has 2 amide bonds. The van der Waals surface area contributed by atoms with Gasteiger partial charge in [-0.2, -0.15) is 0 Å². The van der Waals surface area contributed by atoms with Crippen molar-refractivity contribution in [3.8, 4) is 0 Å². The lowest BCUT2D eigenvalue weighted by molar-refractivity contribution is -0.124. The first-order valence-corrected chi connectivity index (χ1v) is 9.96. The van der Waals surface area contributed by atoms with E-state index in [2.05, 4.69) is 0 Å². The summed E-state index contributed by atoms with van der Waals surface area (Å²) in [4.78, 5) is 41.2. The molecule has 0 aromatic carbocycles. The second-order valence-corrected chi connectivity index (χ2v) is 8.21. The molecule has 3 aliphatic heterocycles. The molecule has 4 atom stereocenters. The minimum absolute atomic E-state index is 0.249. The standard InChI is InChI=1S/C19H19NO5S/c1-2-24-19(23)13-9-5-3-4-6-12(9)26-18(13)20-16(21)14-10-7-8-11(25-10)15(14)17(20)22/h7-8,10-11,14-15H,2-6H2,1H3/t10-,11+,14-,15-/m0/s1. The monoisotopic (exact) mass is 373 g/mol. The molecule has 5 rings (SSSR count). The fourth-order valence-corrected chi connectivity index (χ4v) is 6.01. The predicted molar refractivity (Wildman–Crippen MR) is 94.2 cm³/mol. The van der Waals surface area contributed by atoms with E-state index in [1.807, 2.05) is 12.2 Å². The van der Waals surface area contributed by atoms with Crippen molar-refractivity contribution in [2.45, 2.75) is 44.8 Å². The number of carbonyl (C=O) groups excluding carboxylic acids is 3. The molecule has 0 saturated carbocycles. The maximum Gasteiger partial charge on any atom is 0.341 e. The zero-order valence-electron chi connectivity index (χ0n) is 14.4. The van der Waals surface area contributed by atoms with Crippen LogP contribution in [0.25, 0.3) is 0 Å². The molecule has 0 spiro atoms. The van der Waals surface area contributed by atoms with Gasteiger partial charge in [0, 0.05) is 4.88 Å². The Morgan fingerprint density at radius 1 is 1.19 bits per heavy atom. The quantitative estimate of drug-likeness (QED) is 0.462. The van der Waals surface area contributed by atoms with Gasteiger partial charge in [-0.3, -0.25) is 9.59 Å². The first-order chi connectivity index (χ1) is 12.6. The minimum atomic E-state index is -0.466. The number of imide groups is 1. The molecule has 0 radical (unpaired) electrons. The summed E-state index contributed by atoms with van der Waals surface area (Å²) in [6.07, 6.45) is 6.82. The SMILES string of the molecule is CCOC(=O)c1c(N2C(=O)[C@@H]3[C@@H](C2=O)[C@H]2C=C[C@@H]3O2)sc2c1CCCC2. The van der Waals surface area contributed by atoms with E-state index in [9.17, 15) is 14.4 Å². The molecule has 4 heterocycles. The molecule has 2 fully saturated rings. The highest BCUT2D eigenvalue weighted by Crippen LogP contribution is 2.49. The second-order valence-electron chi connectivity index (χ2n) is 7.13. The molecule has 26 heavy (non-hydrogen) atoms. The van der Waals surface area contributed by atoms with E-state index in [0.717, 1.165) is 36.1 Å². The smallest absolute Gasteiger partial charge is 0.341 e. The van der Waals surface area contributed by atoms with Gasteiger partial charge in [0.05, 0.1) is 36.2 Å². The molecule has 0 unspecified atom stereocenters. The third kappa shape index (κ3) is 2.04. The van der Waals surface area contributed by atoms with Gasteiger partial charge in [-0.05, 0) is 38.2 Å². The number of fused-ring (bicyclic) bond motifs is 6. The molecular weight excluding hydrogens is 354 g/mol. The maximum absolute atomic E-state index is 13.1. The Bertz CT molecular complexity index is 826.